The lowest BCUT2D eigenvalue weighted by atomic mass is 9.89. The first-order chi connectivity index (χ1) is 8.81. The fraction of sp³-hybridized carbons (Fsp3) is 0.846. The summed E-state index contributed by atoms with van der Waals surface area (Å²) in [5, 5.41) is 3.86. The summed E-state index contributed by atoms with van der Waals surface area (Å²) in [6, 6.07) is 0.823. The molecule has 1 saturated carbocycles. The van der Waals surface area contributed by atoms with Crippen LogP contribution in [0.2, 0.25) is 0 Å². The molecule has 1 aromatic heterocycles. The van der Waals surface area contributed by atoms with Crippen LogP contribution in [0.25, 0.3) is 0 Å². The molecule has 100 valence electrons. The number of hydrogen-bond donors (Lipinski definition) is 0. The molecule has 1 aliphatic heterocycles. The minimum Gasteiger partial charge on any atom is -0.369 e. The maximum absolute atomic E-state index is 5.90. The Morgan fingerprint density at radius 1 is 1.33 bits per heavy atom. The van der Waals surface area contributed by atoms with Crippen LogP contribution in [0.5, 0.6) is 0 Å². The quantitative estimate of drug-likeness (QED) is 0.818. The average Bonchev–Trinajstić information content (AvgIpc) is 2.71. The Balaban J connectivity index is 1.47. The molecule has 1 atom stereocenters. The molecule has 1 aromatic rings. The molecule has 2 heterocycles. The molecule has 0 radical (unpaired) electrons. The van der Waals surface area contributed by atoms with Gasteiger partial charge in [-0.25, -0.2) is 0 Å². The van der Waals surface area contributed by atoms with Gasteiger partial charge in [0.05, 0.1) is 6.10 Å². The summed E-state index contributed by atoms with van der Waals surface area (Å²) in [6.45, 7) is 4.59. The van der Waals surface area contributed by atoms with E-state index in [1.54, 1.807) is 6.92 Å². The average molecular weight is 251 g/mol. The van der Waals surface area contributed by atoms with Crippen molar-refractivity contribution in [3.05, 3.63) is 11.7 Å². The number of aryl methyl sites for hydroxylation is 1. The van der Waals surface area contributed by atoms with E-state index < -0.39 is 0 Å². The summed E-state index contributed by atoms with van der Waals surface area (Å²) < 4.78 is 10.8. The first-order valence-corrected chi connectivity index (χ1v) is 6.96. The Morgan fingerprint density at radius 3 is 2.89 bits per heavy atom. The normalized spacial score (nSPS) is 26.2. The van der Waals surface area contributed by atoms with Crippen LogP contribution in [-0.2, 0) is 11.3 Å². The number of piperidine rings is 1. The van der Waals surface area contributed by atoms with Crippen molar-refractivity contribution in [2.45, 2.75) is 57.8 Å². The molecule has 18 heavy (non-hydrogen) atoms. The Bertz CT molecular complexity index is 389. The number of aromatic nitrogens is 2. The highest BCUT2D eigenvalue weighted by Crippen LogP contribution is 2.28. The lowest BCUT2D eigenvalue weighted by Crippen LogP contribution is -2.48. The number of hydrogen-bond acceptors (Lipinski definition) is 5. The smallest absolute Gasteiger partial charge is 0.223 e. The van der Waals surface area contributed by atoms with Gasteiger partial charge in [-0.2, -0.15) is 4.98 Å². The predicted molar refractivity (Wildman–Crippen MR) is 66.1 cm³/mol. The van der Waals surface area contributed by atoms with Gasteiger partial charge in [-0.05, 0) is 32.2 Å². The van der Waals surface area contributed by atoms with Crippen LogP contribution in [0.1, 0.15) is 43.8 Å². The van der Waals surface area contributed by atoms with Gasteiger partial charge in [0, 0.05) is 19.5 Å². The van der Waals surface area contributed by atoms with Gasteiger partial charge in [0.2, 0.25) is 5.89 Å². The van der Waals surface area contributed by atoms with Crippen molar-refractivity contribution in [2.24, 2.45) is 0 Å². The van der Waals surface area contributed by atoms with Crippen molar-refractivity contribution in [1.29, 1.82) is 0 Å². The van der Waals surface area contributed by atoms with E-state index in [4.69, 9.17) is 9.26 Å². The molecular formula is C13H21N3O2. The minimum atomic E-state index is 0.332. The van der Waals surface area contributed by atoms with Crippen LogP contribution >= 0.6 is 0 Å². The number of ether oxygens (including phenoxy) is 1. The summed E-state index contributed by atoms with van der Waals surface area (Å²) in [5.74, 6) is 1.27. The van der Waals surface area contributed by atoms with E-state index in [1.165, 1.54) is 32.2 Å². The molecule has 5 nitrogen and oxygen atoms in total. The molecule has 2 aliphatic rings. The van der Waals surface area contributed by atoms with Crippen molar-refractivity contribution in [1.82, 2.24) is 15.0 Å². The van der Waals surface area contributed by atoms with E-state index >= 15 is 0 Å². The topological polar surface area (TPSA) is 51.4 Å². The molecule has 1 aliphatic carbocycles. The highest BCUT2D eigenvalue weighted by atomic mass is 16.5. The molecular weight excluding hydrogens is 230 g/mol. The van der Waals surface area contributed by atoms with Crippen LogP contribution < -0.4 is 0 Å². The van der Waals surface area contributed by atoms with E-state index in [9.17, 15) is 0 Å². The van der Waals surface area contributed by atoms with Gasteiger partial charge < -0.3 is 9.26 Å². The van der Waals surface area contributed by atoms with E-state index in [0.29, 0.717) is 24.4 Å². The van der Waals surface area contributed by atoms with Crippen molar-refractivity contribution in [2.75, 3.05) is 13.1 Å². The lowest BCUT2D eigenvalue weighted by Gasteiger charge is -2.42. The summed E-state index contributed by atoms with van der Waals surface area (Å²) in [5.41, 5.74) is 0. The fourth-order valence-electron chi connectivity index (χ4n) is 2.78. The summed E-state index contributed by atoms with van der Waals surface area (Å²) in [4.78, 5) is 6.76. The molecule has 0 bridgehead atoms. The third-order valence-electron chi connectivity index (χ3n) is 4.02. The van der Waals surface area contributed by atoms with Crippen molar-refractivity contribution < 1.29 is 9.26 Å². The van der Waals surface area contributed by atoms with Crippen molar-refractivity contribution in [3.8, 4) is 0 Å². The molecule has 0 amide bonds. The second-order valence-corrected chi connectivity index (χ2v) is 5.38. The SMILES string of the molecule is Cc1nc(COC2CCCN(C3CCC3)C2)no1. The molecule has 1 unspecified atom stereocenters. The van der Waals surface area contributed by atoms with Gasteiger partial charge in [0.25, 0.3) is 0 Å². The molecule has 0 N–H and O–H groups in total. The van der Waals surface area contributed by atoms with Crippen molar-refractivity contribution >= 4 is 0 Å². The van der Waals surface area contributed by atoms with Gasteiger partial charge in [-0.15, -0.1) is 0 Å². The van der Waals surface area contributed by atoms with E-state index in [-0.39, 0.29) is 0 Å². The first-order valence-electron chi connectivity index (χ1n) is 6.96. The highest BCUT2D eigenvalue weighted by Gasteiger charge is 2.29. The fourth-order valence-corrected chi connectivity index (χ4v) is 2.78. The zero-order valence-electron chi connectivity index (χ0n) is 11.0. The summed E-state index contributed by atoms with van der Waals surface area (Å²) >= 11 is 0. The maximum Gasteiger partial charge on any atom is 0.223 e. The van der Waals surface area contributed by atoms with Gasteiger partial charge in [0.1, 0.15) is 6.61 Å². The molecule has 0 aromatic carbocycles. The molecule has 3 rings (SSSR count). The predicted octanol–water partition coefficient (Wildman–Crippen LogP) is 1.91. The monoisotopic (exact) mass is 251 g/mol. The first kappa shape index (κ1) is 12.1. The Kier molecular flexibility index (Phi) is 3.61. The van der Waals surface area contributed by atoms with Gasteiger partial charge >= 0.3 is 0 Å². The number of rotatable bonds is 4. The zero-order valence-corrected chi connectivity index (χ0v) is 11.0. The molecule has 1 saturated heterocycles. The standard InChI is InChI=1S/C13H21N3O2/c1-10-14-13(15-18-10)9-17-12-6-3-7-16(8-12)11-4-2-5-11/h11-12H,2-9H2,1H3. The zero-order chi connectivity index (χ0) is 12.4. The van der Waals surface area contributed by atoms with Gasteiger partial charge in [-0.1, -0.05) is 11.6 Å². The van der Waals surface area contributed by atoms with Crippen LogP contribution in [0, 0.1) is 6.92 Å². The Hall–Kier alpha value is -0.940. The van der Waals surface area contributed by atoms with E-state index in [1.807, 2.05) is 0 Å². The lowest BCUT2D eigenvalue weighted by molar-refractivity contribution is -0.0339. The van der Waals surface area contributed by atoms with Gasteiger partial charge in [-0.3, -0.25) is 4.90 Å². The molecule has 0 spiro atoms. The third-order valence-corrected chi connectivity index (χ3v) is 4.02. The van der Waals surface area contributed by atoms with E-state index in [0.717, 1.165) is 19.0 Å². The van der Waals surface area contributed by atoms with Crippen LogP contribution in [0.15, 0.2) is 4.52 Å². The Labute approximate surface area is 107 Å². The minimum absolute atomic E-state index is 0.332. The van der Waals surface area contributed by atoms with Crippen LogP contribution in [0.4, 0.5) is 0 Å². The van der Waals surface area contributed by atoms with Crippen molar-refractivity contribution in [3.63, 3.8) is 0 Å². The van der Waals surface area contributed by atoms with E-state index in [2.05, 4.69) is 15.0 Å². The third kappa shape index (κ3) is 2.72. The Morgan fingerprint density at radius 2 is 2.22 bits per heavy atom. The van der Waals surface area contributed by atoms with Gasteiger partial charge in [0.15, 0.2) is 5.82 Å². The summed E-state index contributed by atoms with van der Waals surface area (Å²) in [6.07, 6.45) is 6.87. The summed E-state index contributed by atoms with van der Waals surface area (Å²) in [7, 11) is 0. The molecule has 5 heteroatoms. The molecule has 2 fully saturated rings. The second-order valence-electron chi connectivity index (χ2n) is 5.38. The second kappa shape index (κ2) is 5.36. The van der Waals surface area contributed by atoms with Crippen LogP contribution in [0.3, 0.4) is 0 Å². The number of likely N-dealkylation sites (tertiary alicyclic amines) is 1. The number of nitrogens with zero attached hydrogens (tertiary/aromatic N) is 3. The highest BCUT2D eigenvalue weighted by molar-refractivity contribution is 4.86. The largest absolute Gasteiger partial charge is 0.369 e. The van der Waals surface area contributed by atoms with Crippen LogP contribution in [-0.4, -0.2) is 40.3 Å². The maximum atomic E-state index is 5.90.